The summed E-state index contributed by atoms with van der Waals surface area (Å²) in [6.45, 7) is 7.23. The molecule has 28 heavy (non-hydrogen) atoms. The highest BCUT2D eigenvalue weighted by atomic mass is 32.1. The number of nitrogens with two attached hydrogens (primary N) is 1. The van der Waals surface area contributed by atoms with E-state index >= 15 is 0 Å². The lowest BCUT2D eigenvalue weighted by atomic mass is 9.99. The zero-order valence-electron chi connectivity index (χ0n) is 16.6. The molecule has 0 aliphatic heterocycles. The number of carboxylic acids is 1. The van der Waals surface area contributed by atoms with Crippen molar-refractivity contribution in [3.05, 3.63) is 0 Å². The first-order chi connectivity index (χ1) is 12.9. The Morgan fingerprint density at radius 1 is 0.857 bits per heavy atom. The summed E-state index contributed by atoms with van der Waals surface area (Å²) in [5.74, 6) is -3.08. The molecule has 0 aliphatic rings. The van der Waals surface area contributed by atoms with Crippen LogP contribution in [0.1, 0.15) is 34.1 Å². The molecule has 0 radical (unpaired) electrons. The van der Waals surface area contributed by atoms with E-state index in [1.165, 1.54) is 0 Å². The van der Waals surface area contributed by atoms with Crippen molar-refractivity contribution in [2.24, 2.45) is 17.6 Å². The Hall–Kier alpha value is -1.46. The molecule has 3 amide bonds. The summed E-state index contributed by atoms with van der Waals surface area (Å²) in [6.07, 6.45) is 0.297. The first-order valence-corrected chi connectivity index (χ1v) is 10.3. The minimum Gasteiger partial charge on any atom is -0.480 e. The molecule has 0 saturated heterocycles. The maximum absolute atomic E-state index is 12.7. The Bertz CT molecular complexity index is 560. The van der Waals surface area contributed by atoms with E-state index in [2.05, 4.69) is 41.2 Å². The van der Waals surface area contributed by atoms with Crippen molar-refractivity contribution in [2.75, 3.05) is 11.5 Å². The number of carboxylic acid groups (broad SMARTS) is 1. The predicted molar refractivity (Wildman–Crippen MR) is 113 cm³/mol. The van der Waals surface area contributed by atoms with E-state index in [1.54, 1.807) is 13.8 Å². The summed E-state index contributed by atoms with van der Waals surface area (Å²) in [7, 11) is 0. The van der Waals surface area contributed by atoms with Crippen LogP contribution in [0.25, 0.3) is 0 Å². The Kier molecular flexibility index (Phi) is 12.2. The van der Waals surface area contributed by atoms with E-state index < -0.39 is 47.9 Å². The van der Waals surface area contributed by atoms with Gasteiger partial charge in [-0.3, -0.25) is 14.4 Å². The summed E-state index contributed by atoms with van der Waals surface area (Å²) in [6, 6.07) is -3.89. The van der Waals surface area contributed by atoms with Crippen molar-refractivity contribution in [3.8, 4) is 0 Å². The summed E-state index contributed by atoms with van der Waals surface area (Å²) < 4.78 is 0. The zero-order chi connectivity index (χ0) is 22.0. The molecule has 9 nitrogen and oxygen atoms in total. The standard InChI is InChI=1S/C17H32N4O5S2/c1-8(2)5-11(15(23)20-12(7-28)17(25)26)19-16(24)13(9(3)4)21-14(22)10(18)6-27/h8-13,27-28H,5-7,18H2,1-4H3,(H,19,24)(H,20,23)(H,21,22)(H,25,26). The molecular weight excluding hydrogens is 404 g/mol. The fourth-order valence-electron chi connectivity index (χ4n) is 2.30. The van der Waals surface area contributed by atoms with Crippen LogP contribution in [0.2, 0.25) is 0 Å². The molecule has 0 aromatic carbocycles. The lowest BCUT2D eigenvalue weighted by molar-refractivity contribution is -0.141. The van der Waals surface area contributed by atoms with E-state index in [0.29, 0.717) is 6.42 Å². The maximum atomic E-state index is 12.7. The zero-order valence-corrected chi connectivity index (χ0v) is 18.4. The maximum Gasteiger partial charge on any atom is 0.327 e. The quantitative estimate of drug-likeness (QED) is 0.203. The van der Waals surface area contributed by atoms with Gasteiger partial charge in [0.1, 0.15) is 18.1 Å². The van der Waals surface area contributed by atoms with Gasteiger partial charge in [-0.25, -0.2) is 4.79 Å². The Morgan fingerprint density at radius 3 is 1.79 bits per heavy atom. The number of aliphatic carboxylic acids is 1. The highest BCUT2D eigenvalue weighted by molar-refractivity contribution is 7.80. The third kappa shape index (κ3) is 9.16. The molecule has 0 rings (SSSR count). The molecule has 0 heterocycles. The minimum atomic E-state index is -1.22. The monoisotopic (exact) mass is 436 g/mol. The number of carbonyl (C=O) groups excluding carboxylic acids is 3. The van der Waals surface area contributed by atoms with Crippen LogP contribution in [-0.2, 0) is 19.2 Å². The van der Waals surface area contributed by atoms with Gasteiger partial charge in [0.05, 0.1) is 6.04 Å². The van der Waals surface area contributed by atoms with E-state index in [1.807, 2.05) is 13.8 Å². The average molecular weight is 437 g/mol. The lowest BCUT2D eigenvalue weighted by Gasteiger charge is -2.27. The molecule has 0 aromatic rings. The van der Waals surface area contributed by atoms with Crippen molar-refractivity contribution in [1.29, 1.82) is 0 Å². The topological polar surface area (TPSA) is 151 Å². The van der Waals surface area contributed by atoms with Crippen molar-refractivity contribution in [3.63, 3.8) is 0 Å². The van der Waals surface area contributed by atoms with Crippen molar-refractivity contribution >= 4 is 48.9 Å². The molecular formula is C17H32N4O5S2. The van der Waals surface area contributed by atoms with Gasteiger partial charge in [0.2, 0.25) is 17.7 Å². The molecule has 4 unspecified atom stereocenters. The summed E-state index contributed by atoms with van der Waals surface area (Å²) >= 11 is 7.88. The fraction of sp³-hybridized carbons (Fsp3) is 0.765. The van der Waals surface area contributed by atoms with Crippen LogP contribution >= 0.6 is 25.3 Å². The normalized spacial score (nSPS) is 15.5. The van der Waals surface area contributed by atoms with Gasteiger partial charge in [0.25, 0.3) is 0 Å². The highest BCUT2D eigenvalue weighted by Gasteiger charge is 2.31. The van der Waals surface area contributed by atoms with Crippen LogP contribution < -0.4 is 21.7 Å². The molecule has 0 aliphatic carbocycles. The van der Waals surface area contributed by atoms with Gasteiger partial charge in [-0.15, -0.1) is 0 Å². The predicted octanol–water partition coefficient (Wildman–Crippen LogP) is -0.586. The molecule has 0 aromatic heterocycles. The molecule has 162 valence electrons. The van der Waals surface area contributed by atoms with E-state index in [0.717, 1.165) is 0 Å². The highest BCUT2D eigenvalue weighted by Crippen LogP contribution is 2.09. The average Bonchev–Trinajstić information content (AvgIpc) is 2.61. The van der Waals surface area contributed by atoms with Crippen molar-refractivity contribution in [2.45, 2.75) is 58.3 Å². The summed E-state index contributed by atoms with van der Waals surface area (Å²) in [4.78, 5) is 48.4. The fourth-order valence-corrected chi connectivity index (χ4v) is 2.71. The van der Waals surface area contributed by atoms with Crippen LogP contribution in [0, 0.1) is 11.8 Å². The van der Waals surface area contributed by atoms with Gasteiger partial charge in [-0.2, -0.15) is 25.3 Å². The van der Waals surface area contributed by atoms with Gasteiger partial charge in [0, 0.05) is 11.5 Å². The van der Waals surface area contributed by atoms with Crippen molar-refractivity contribution in [1.82, 2.24) is 16.0 Å². The van der Waals surface area contributed by atoms with Gasteiger partial charge in [0.15, 0.2) is 0 Å². The first kappa shape index (κ1) is 26.5. The second kappa shape index (κ2) is 12.9. The van der Waals surface area contributed by atoms with Crippen LogP contribution in [-0.4, -0.2) is 64.5 Å². The molecule has 6 N–H and O–H groups in total. The van der Waals surface area contributed by atoms with E-state index in [9.17, 15) is 19.2 Å². The van der Waals surface area contributed by atoms with Crippen LogP contribution in [0.5, 0.6) is 0 Å². The Morgan fingerprint density at radius 2 is 1.39 bits per heavy atom. The SMILES string of the molecule is CC(C)CC(NC(=O)C(NC(=O)C(N)CS)C(C)C)C(=O)NC(CS)C(=O)O. The van der Waals surface area contributed by atoms with Gasteiger partial charge in [-0.05, 0) is 18.3 Å². The Labute approximate surface area is 176 Å². The lowest BCUT2D eigenvalue weighted by Crippen LogP contribution is -2.58. The molecule has 0 fully saturated rings. The van der Waals surface area contributed by atoms with Gasteiger partial charge >= 0.3 is 5.97 Å². The van der Waals surface area contributed by atoms with Gasteiger partial charge in [-0.1, -0.05) is 27.7 Å². The molecule has 11 heteroatoms. The van der Waals surface area contributed by atoms with Crippen LogP contribution in [0.3, 0.4) is 0 Å². The first-order valence-electron chi connectivity index (χ1n) is 9.05. The van der Waals surface area contributed by atoms with Crippen molar-refractivity contribution < 1.29 is 24.3 Å². The number of hydrogen-bond acceptors (Lipinski definition) is 7. The largest absolute Gasteiger partial charge is 0.480 e. The third-order valence-corrected chi connectivity index (χ3v) is 4.68. The molecule has 0 spiro atoms. The number of rotatable bonds is 12. The Balaban J connectivity index is 5.31. The summed E-state index contributed by atoms with van der Waals surface area (Å²) in [5, 5.41) is 16.6. The van der Waals surface area contributed by atoms with E-state index in [4.69, 9.17) is 10.8 Å². The number of hydrogen-bond donors (Lipinski definition) is 7. The number of nitrogens with one attached hydrogen (secondary N) is 3. The second-order valence-electron chi connectivity index (χ2n) is 7.29. The van der Waals surface area contributed by atoms with Crippen LogP contribution in [0.4, 0.5) is 0 Å². The molecule has 0 bridgehead atoms. The number of amides is 3. The second-order valence-corrected chi connectivity index (χ2v) is 8.02. The molecule has 0 saturated carbocycles. The molecule has 4 atom stereocenters. The van der Waals surface area contributed by atoms with E-state index in [-0.39, 0.29) is 23.3 Å². The summed E-state index contributed by atoms with van der Waals surface area (Å²) in [5.41, 5.74) is 5.63. The minimum absolute atomic E-state index is 0.0556. The van der Waals surface area contributed by atoms with Gasteiger partial charge < -0.3 is 26.8 Å². The number of carbonyl (C=O) groups is 4. The van der Waals surface area contributed by atoms with Crippen LogP contribution in [0.15, 0.2) is 0 Å². The number of thiol groups is 2. The third-order valence-electron chi connectivity index (χ3n) is 3.92. The smallest absolute Gasteiger partial charge is 0.327 e.